The predicted octanol–water partition coefficient (Wildman–Crippen LogP) is 3.01. The Morgan fingerprint density at radius 3 is 2.62 bits per heavy atom. The summed E-state index contributed by atoms with van der Waals surface area (Å²) in [5.74, 6) is 0.183. The van der Waals surface area contributed by atoms with Crippen LogP contribution in [0.15, 0.2) is 22.7 Å². The lowest BCUT2D eigenvalue weighted by atomic mass is 10.1. The maximum Gasteiger partial charge on any atom is 0.213 e. The van der Waals surface area contributed by atoms with E-state index in [-0.39, 0.29) is 5.75 Å². The minimum atomic E-state index is -3.04. The second-order valence-electron chi connectivity index (χ2n) is 5.20. The highest BCUT2D eigenvalue weighted by Gasteiger charge is 2.26. The summed E-state index contributed by atoms with van der Waals surface area (Å²) in [6, 6.07) is 6.26. The SMILES string of the molecule is CCS(=O)(=O)N1CCC(NCc2ccc(Br)c(Cl)c2)CC1. The molecule has 1 fully saturated rings. The van der Waals surface area contributed by atoms with Crippen molar-refractivity contribution in [2.45, 2.75) is 32.4 Å². The van der Waals surface area contributed by atoms with Crippen LogP contribution < -0.4 is 5.32 Å². The molecule has 0 radical (unpaired) electrons. The highest BCUT2D eigenvalue weighted by Crippen LogP contribution is 2.23. The fourth-order valence-electron chi connectivity index (χ4n) is 2.43. The van der Waals surface area contributed by atoms with E-state index in [2.05, 4.69) is 21.2 Å². The molecule has 1 aliphatic rings. The first-order valence-electron chi connectivity index (χ1n) is 7.07. The first kappa shape index (κ1) is 17.2. The highest BCUT2D eigenvalue weighted by molar-refractivity contribution is 9.10. The molecule has 0 amide bonds. The van der Waals surface area contributed by atoms with E-state index in [0.29, 0.717) is 24.2 Å². The van der Waals surface area contributed by atoms with E-state index in [4.69, 9.17) is 11.6 Å². The Labute approximate surface area is 140 Å². The van der Waals surface area contributed by atoms with Gasteiger partial charge in [-0.05, 0) is 53.4 Å². The fraction of sp³-hybridized carbons (Fsp3) is 0.571. The van der Waals surface area contributed by atoms with E-state index < -0.39 is 10.0 Å². The molecule has 1 aromatic rings. The van der Waals surface area contributed by atoms with Gasteiger partial charge in [0.25, 0.3) is 0 Å². The van der Waals surface area contributed by atoms with Gasteiger partial charge in [-0.15, -0.1) is 0 Å². The van der Waals surface area contributed by atoms with Crippen molar-refractivity contribution >= 4 is 37.6 Å². The van der Waals surface area contributed by atoms with Crippen LogP contribution >= 0.6 is 27.5 Å². The van der Waals surface area contributed by atoms with E-state index in [1.54, 1.807) is 11.2 Å². The summed E-state index contributed by atoms with van der Waals surface area (Å²) in [5.41, 5.74) is 1.13. The molecule has 0 saturated carbocycles. The zero-order chi connectivity index (χ0) is 15.5. The largest absolute Gasteiger partial charge is 0.310 e. The van der Waals surface area contributed by atoms with Crippen LogP contribution in [0.5, 0.6) is 0 Å². The Kier molecular flexibility index (Phi) is 6.08. The fourth-order valence-corrected chi connectivity index (χ4v) is 4.01. The molecule has 4 nitrogen and oxygen atoms in total. The van der Waals surface area contributed by atoms with Gasteiger partial charge >= 0.3 is 0 Å². The molecule has 1 N–H and O–H groups in total. The van der Waals surface area contributed by atoms with E-state index in [9.17, 15) is 8.42 Å². The van der Waals surface area contributed by atoms with Gasteiger partial charge in [-0.1, -0.05) is 17.7 Å². The molecule has 0 bridgehead atoms. The van der Waals surface area contributed by atoms with E-state index >= 15 is 0 Å². The molecule has 1 aliphatic heterocycles. The Morgan fingerprint density at radius 1 is 1.38 bits per heavy atom. The monoisotopic (exact) mass is 394 g/mol. The Balaban J connectivity index is 1.82. The van der Waals surface area contributed by atoms with E-state index in [1.807, 2.05) is 18.2 Å². The number of halogens is 2. The van der Waals surface area contributed by atoms with Gasteiger partial charge in [0.05, 0.1) is 10.8 Å². The molecule has 1 heterocycles. The van der Waals surface area contributed by atoms with Crippen LogP contribution in [0.4, 0.5) is 0 Å². The summed E-state index contributed by atoms with van der Waals surface area (Å²) in [4.78, 5) is 0. The smallest absolute Gasteiger partial charge is 0.213 e. The summed E-state index contributed by atoms with van der Waals surface area (Å²) in [5, 5.41) is 4.19. The summed E-state index contributed by atoms with van der Waals surface area (Å²) in [6.45, 7) is 3.65. The molecule has 0 aromatic heterocycles. The molecule has 118 valence electrons. The zero-order valence-corrected chi connectivity index (χ0v) is 15.1. The van der Waals surface area contributed by atoms with Crippen molar-refractivity contribution in [2.24, 2.45) is 0 Å². The summed E-state index contributed by atoms with van der Waals surface area (Å²) >= 11 is 9.45. The van der Waals surface area contributed by atoms with Crippen molar-refractivity contribution in [3.8, 4) is 0 Å². The second-order valence-corrected chi connectivity index (χ2v) is 8.72. The molecule has 0 spiro atoms. The summed E-state index contributed by atoms with van der Waals surface area (Å²) < 4.78 is 26.1. The van der Waals surface area contributed by atoms with Crippen molar-refractivity contribution in [1.82, 2.24) is 9.62 Å². The molecule has 1 saturated heterocycles. The number of hydrogen-bond donors (Lipinski definition) is 1. The van der Waals surface area contributed by atoms with Crippen LogP contribution in [0.1, 0.15) is 25.3 Å². The number of benzene rings is 1. The Bertz CT molecular complexity index is 587. The van der Waals surface area contributed by atoms with Crippen molar-refractivity contribution in [1.29, 1.82) is 0 Å². The van der Waals surface area contributed by atoms with Crippen molar-refractivity contribution < 1.29 is 8.42 Å². The number of rotatable bonds is 5. The minimum Gasteiger partial charge on any atom is -0.310 e. The highest BCUT2D eigenvalue weighted by atomic mass is 79.9. The van der Waals surface area contributed by atoms with Crippen molar-refractivity contribution in [3.05, 3.63) is 33.3 Å². The van der Waals surface area contributed by atoms with Crippen LogP contribution in [-0.2, 0) is 16.6 Å². The van der Waals surface area contributed by atoms with Gasteiger partial charge in [0.15, 0.2) is 0 Å². The third-order valence-electron chi connectivity index (χ3n) is 3.79. The number of sulfonamides is 1. The van der Waals surface area contributed by atoms with E-state index in [0.717, 1.165) is 29.4 Å². The molecule has 21 heavy (non-hydrogen) atoms. The van der Waals surface area contributed by atoms with Crippen molar-refractivity contribution in [3.63, 3.8) is 0 Å². The number of nitrogens with zero attached hydrogens (tertiary/aromatic N) is 1. The average Bonchev–Trinajstić information content (AvgIpc) is 2.49. The van der Waals surface area contributed by atoms with Crippen LogP contribution in [0.3, 0.4) is 0 Å². The summed E-state index contributed by atoms with van der Waals surface area (Å²) in [7, 11) is -3.04. The predicted molar refractivity (Wildman–Crippen MR) is 90.0 cm³/mol. The average molecular weight is 396 g/mol. The van der Waals surface area contributed by atoms with Crippen molar-refractivity contribution in [2.75, 3.05) is 18.8 Å². The molecule has 0 aliphatic carbocycles. The van der Waals surface area contributed by atoms with Crippen LogP contribution in [0, 0.1) is 0 Å². The topological polar surface area (TPSA) is 49.4 Å². The molecule has 2 rings (SSSR count). The lowest BCUT2D eigenvalue weighted by molar-refractivity contribution is 0.289. The molecule has 1 aromatic carbocycles. The number of piperidine rings is 1. The lowest BCUT2D eigenvalue weighted by Crippen LogP contribution is -2.45. The lowest BCUT2D eigenvalue weighted by Gasteiger charge is -2.31. The normalized spacial score (nSPS) is 18.0. The molecule has 0 atom stereocenters. The van der Waals surface area contributed by atoms with Gasteiger partial charge in [0, 0.05) is 30.1 Å². The third kappa shape index (κ3) is 4.66. The molecule has 0 unspecified atom stereocenters. The Morgan fingerprint density at radius 2 is 2.05 bits per heavy atom. The minimum absolute atomic E-state index is 0.183. The summed E-state index contributed by atoms with van der Waals surface area (Å²) in [6.07, 6.45) is 1.70. The first-order valence-corrected chi connectivity index (χ1v) is 9.85. The van der Waals surface area contributed by atoms with Gasteiger partial charge in [0.1, 0.15) is 0 Å². The number of hydrogen-bond acceptors (Lipinski definition) is 3. The van der Waals surface area contributed by atoms with E-state index in [1.165, 1.54) is 0 Å². The van der Waals surface area contributed by atoms with Crippen LogP contribution in [-0.4, -0.2) is 37.6 Å². The molecule has 7 heteroatoms. The molecular weight excluding hydrogens is 376 g/mol. The maximum atomic E-state index is 11.8. The quantitative estimate of drug-likeness (QED) is 0.834. The van der Waals surface area contributed by atoms with Gasteiger partial charge in [0.2, 0.25) is 10.0 Å². The second kappa shape index (κ2) is 7.42. The van der Waals surface area contributed by atoms with Gasteiger partial charge in [-0.3, -0.25) is 0 Å². The van der Waals surface area contributed by atoms with Gasteiger partial charge in [-0.2, -0.15) is 0 Å². The van der Waals surface area contributed by atoms with Crippen LogP contribution in [0.2, 0.25) is 5.02 Å². The standard InChI is InChI=1S/C14H20BrClN2O2S/c1-2-21(19,20)18-7-5-12(6-8-18)17-10-11-3-4-13(15)14(16)9-11/h3-4,9,12,17H,2,5-8,10H2,1H3. The maximum absolute atomic E-state index is 11.8. The van der Waals surface area contributed by atoms with Gasteiger partial charge < -0.3 is 5.32 Å². The Hall–Kier alpha value is -0.140. The van der Waals surface area contributed by atoms with Gasteiger partial charge in [-0.25, -0.2) is 12.7 Å². The zero-order valence-electron chi connectivity index (χ0n) is 12.0. The molecular formula is C14H20BrClN2O2S. The number of nitrogens with one attached hydrogen (secondary N) is 1. The first-order chi connectivity index (χ1) is 9.92. The third-order valence-corrected chi connectivity index (χ3v) is 6.91. The van der Waals surface area contributed by atoms with Crippen LogP contribution in [0.25, 0.3) is 0 Å².